The number of benzene rings is 6. The molecule has 2 atom stereocenters. The van der Waals surface area contributed by atoms with Gasteiger partial charge in [0, 0.05) is 33.5 Å². The van der Waals surface area contributed by atoms with Gasteiger partial charge in [-0.15, -0.1) is 0 Å². The minimum absolute atomic E-state index is 0.0829. The quantitative estimate of drug-likeness (QED) is 0.0690. The van der Waals surface area contributed by atoms with Crippen LogP contribution in [0.3, 0.4) is 0 Å². The van der Waals surface area contributed by atoms with Crippen LogP contribution in [0.15, 0.2) is 132 Å². The maximum absolute atomic E-state index is 13.2. The fourth-order valence-corrected chi connectivity index (χ4v) is 8.94. The van der Waals surface area contributed by atoms with Crippen LogP contribution in [0.2, 0.25) is 0 Å². The molecule has 2 aliphatic rings. The van der Waals surface area contributed by atoms with E-state index in [4.69, 9.17) is 9.47 Å². The zero-order chi connectivity index (χ0) is 54.5. The van der Waals surface area contributed by atoms with Crippen LogP contribution in [0.5, 0.6) is 11.5 Å². The normalized spacial score (nSPS) is 15.9. The lowest BCUT2D eigenvalue weighted by Gasteiger charge is -2.24. The van der Waals surface area contributed by atoms with Crippen LogP contribution in [0.1, 0.15) is 94.8 Å². The average molecular weight is 1120 g/mol. The van der Waals surface area contributed by atoms with Gasteiger partial charge < -0.3 is 14.2 Å². The number of rotatable bonds is 12. The molecule has 6 aromatic rings. The lowest BCUT2D eigenvalue weighted by Crippen LogP contribution is -2.25. The predicted molar refractivity (Wildman–Crippen MR) is 256 cm³/mol. The minimum atomic E-state index is -4.95. The van der Waals surface area contributed by atoms with Crippen molar-refractivity contribution in [1.82, 2.24) is 0 Å². The lowest BCUT2D eigenvalue weighted by atomic mass is 9.79. The van der Waals surface area contributed by atoms with Crippen LogP contribution < -0.4 is 9.47 Å². The number of carbonyl (C=O) groups is 3. The van der Waals surface area contributed by atoms with Gasteiger partial charge in [-0.3, -0.25) is 9.59 Å². The van der Waals surface area contributed by atoms with Gasteiger partial charge in [-0.1, -0.05) is 52.3 Å². The molecule has 6 aromatic carbocycles. The Morgan fingerprint density at radius 2 is 0.893 bits per heavy atom. The number of esters is 1. The second-order valence-corrected chi connectivity index (χ2v) is 18.8. The Morgan fingerprint density at radius 3 is 1.25 bits per heavy atom. The number of ether oxygens (including phenoxy) is 3. The van der Waals surface area contributed by atoms with Crippen molar-refractivity contribution in [1.29, 1.82) is 0 Å². The number of fused-ring (bicyclic) bond motifs is 2. The Kier molecular flexibility index (Phi) is 17.1. The third-order valence-electron chi connectivity index (χ3n) is 12.5. The van der Waals surface area contributed by atoms with E-state index in [0.29, 0.717) is 78.3 Å². The highest BCUT2D eigenvalue weighted by Gasteiger charge is 2.39. The number of alkyl halides is 12. The van der Waals surface area contributed by atoms with Crippen molar-refractivity contribution in [2.75, 3.05) is 7.11 Å². The molecule has 6 nitrogen and oxygen atoms in total. The summed E-state index contributed by atoms with van der Waals surface area (Å²) in [6, 6.07) is 27.7. The lowest BCUT2D eigenvalue weighted by molar-refractivity contribution is -0.144. The van der Waals surface area contributed by atoms with Gasteiger partial charge in [0.1, 0.15) is 24.7 Å². The maximum atomic E-state index is 13.2. The van der Waals surface area contributed by atoms with Crippen LogP contribution in [0, 0.1) is 11.8 Å². The monoisotopic (exact) mass is 1120 g/mol. The van der Waals surface area contributed by atoms with Crippen LogP contribution in [0.25, 0.3) is 6.08 Å². The van der Waals surface area contributed by atoms with Gasteiger partial charge in [-0.25, -0.2) is 4.79 Å². The molecule has 75 heavy (non-hydrogen) atoms. The van der Waals surface area contributed by atoms with E-state index in [1.54, 1.807) is 42.5 Å². The van der Waals surface area contributed by atoms with Gasteiger partial charge in [0.25, 0.3) is 0 Å². The fourth-order valence-electron chi connectivity index (χ4n) is 8.68. The number of halogens is 13. The second kappa shape index (κ2) is 22.9. The highest BCUT2D eigenvalue weighted by atomic mass is 79.9. The van der Waals surface area contributed by atoms with Crippen molar-refractivity contribution in [3.8, 4) is 11.5 Å². The predicted octanol–water partition coefficient (Wildman–Crippen LogP) is 15.5. The number of aryl methyl sites for hydroxylation is 2. The van der Waals surface area contributed by atoms with Gasteiger partial charge in [0.15, 0.2) is 11.6 Å². The highest BCUT2D eigenvalue weighted by Crippen LogP contribution is 2.40. The Hall–Kier alpha value is -6.89. The molecule has 0 aromatic heterocycles. The third-order valence-corrected chi connectivity index (χ3v) is 13.1. The summed E-state index contributed by atoms with van der Waals surface area (Å²) in [7, 11) is 1.29. The maximum Gasteiger partial charge on any atom is 0.416 e. The molecule has 19 heteroatoms. The smallest absolute Gasteiger partial charge is 0.416 e. The van der Waals surface area contributed by atoms with Gasteiger partial charge >= 0.3 is 30.7 Å². The summed E-state index contributed by atoms with van der Waals surface area (Å²) in [5.74, 6) is -1.43. The molecule has 2 unspecified atom stereocenters. The minimum Gasteiger partial charge on any atom is -0.489 e. The molecule has 394 valence electrons. The standard InChI is InChI=1S/C30H24F6O4.C26H19BrF6O2/c1-39-27(37)11-6-18-2-4-19(5-3-18)17-40-25-9-10-26-21(15-25)7-8-22(28(26)38)12-20-13-23(29(31,32)33)16-24(14-20)30(34,35)36;27-21-5-1-15(2-6-21)14-35-22-7-8-23-17(12-22)3-4-18(24(23)34)9-16-10-19(25(28,29)30)13-20(11-16)26(31,32)33/h2-6,9-11,13-16,22H,7-8,12,17H2,1H3;1-2,5-8,10-13,18H,3-4,9,14H2/b11-6+;. The van der Waals surface area contributed by atoms with E-state index < -0.39 is 64.8 Å². The van der Waals surface area contributed by atoms with E-state index in [1.807, 2.05) is 48.5 Å². The molecule has 0 fully saturated rings. The zero-order valence-electron chi connectivity index (χ0n) is 39.4. The van der Waals surface area contributed by atoms with Gasteiger partial charge in [0.2, 0.25) is 0 Å². The molecular formula is C56H43BrF12O6. The second-order valence-electron chi connectivity index (χ2n) is 17.9. The van der Waals surface area contributed by atoms with E-state index in [9.17, 15) is 67.1 Å². The number of Topliss-reactive ketones (excluding diaryl/α,β-unsaturated/α-hetero) is 2. The molecule has 0 N–H and O–H groups in total. The molecule has 0 aliphatic heterocycles. The molecule has 8 rings (SSSR count). The largest absolute Gasteiger partial charge is 0.489 e. The summed E-state index contributed by atoms with van der Waals surface area (Å²) in [4.78, 5) is 37.3. The van der Waals surface area contributed by atoms with Crippen molar-refractivity contribution < 1.29 is 81.3 Å². The van der Waals surface area contributed by atoms with E-state index in [1.165, 1.54) is 13.2 Å². The Labute approximate surface area is 430 Å². The Bertz CT molecular complexity index is 3000. The molecule has 0 heterocycles. The average Bonchev–Trinajstić information content (AvgIpc) is 3.35. The van der Waals surface area contributed by atoms with Crippen molar-refractivity contribution in [3.63, 3.8) is 0 Å². The number of hydrogen-bond donors (Lipinski definition) is 0. The SMILES string of the molecule is COC(=O)/C=C/c1ccc(COc2ccc3c(c2)CCC(Cc2cc(C(F)(F)F)cc(C(F)(F)F)c2)C3=O)cc1.O=C1c2ccc(OCc3ccc(Br)cc3)cc2CCC1Cc1cc(C(F)(F)F)cc(C(F)(F)F)c1. The topological polar surface area (TPSA) is 78.9 Å². The van der Waals surface area contributed by atoms with Crippen molar-refractivity contribution in [3.05, 3.63) is 204 Å². The number of ketones is 2. The van der Waals surface area contributed by atoms with Crippen LogP contribution in [-0.4, -0.2) is 24.6 Å². The number of hydrogen-bond acceptors (Lipinski definition) is 6. The van der Waals surface area contributed by atoms with Crippen LogP contribution in [0.4, 0.5) is 52.7 Å². The molecule has 0 saturated carbocycles. The molecule has 0 spiro atoms. The van der Waals surface area contributed by atoms with Crippen molar-refractivity contribution >= 4 is 39.5 Å². The molecule has 2 aliphatic carbocycles. The van der Waals surface area contributed by atoms with Crippen molar-refractivity contribution in [2.45, 2.75) is 76.4 Å². The van der Waals surface area contributed by atoms with Crippen LogP contribution in [-0.2, 0) is 73.1 Å². The first kappa shape index (κ1) is 55.9. The van der Waals surface area contributed by atoms with E-state index in [-0.39, 0.29) is 60.7 Å². The number of carbonyl (C=O) groups excluding carboxylic acids is 3. The van der Waals surface area contributed by atoms with Gasteiger partial charge in [0.05, 0.1) is 29.4 Å². The number of methoxy groups -OCH3 is 1. The van der Waals surface area contributed by atoms with Gasteiger partial charge in [-0.05, 0) is 168 Å². The summed E-state index contributed by atoms with van der Waals surface area (Å²) in [6.07, 6.45) is -15.7. The van der Waals surface area contributed by atoms with Crippen molar-refractivity contribution in [2.24, 2.45) is 11.8 Å². The highest BCUT2D eigenvalue weighted by molar-refractivity contribution is 9.10. The van der Waals surface area contributed by atoms with Gasteiger partial charge in [-0.2, -0.15) is 52.7 Å². The molecule has 0 saturated heterocycles. The van der Waals surface area contributed by atoms with E-state index in [2.05, 4.69) is 20.7 Å². The van der Waals surface area contributed by atoms with Crippen LogP contribution >= 0.6 is 15.9 Å². The Balaban J connectivity index is 0.000000221. The fraction of sp³-hybridized carbons (Fsp3) is 0.268. The first-order valence-corrected chi connectivity index (χ1v) is 23.8. The molecular weight excluding hydrogens is 1080 g/mol. The molecule has 0 amide bonds. The first-order chi connectivity index (χ1) is 35.2. The molecule has 0 radical (unpaired) electrons. The third kappa shape index (κ3) is 14.9. The Morgan fingerprint density at radius 1 is 0.520 bits per heavy atom. The summed E-state index contributed by atoms with van der Waals surface area (Å²) >= 11 is 3.37. The van der Waals surface area contributed by atoms with E-state index >= 15 is 0 Å². The first-order valence-electron chi connectivity index (χ1n) is 23.0. The summed E-state index contributed by atoms with van der Waals surface area (Å²) in [6.45, 7) is 0.577. The zero-order valence-corrected chi connectivity index (χ0v) is 41.0. The summed E-state index contributed by atoms with van der Waals surface area (Å²) in [5.41, 5.74) is -1.00. The van der Waals surface area contributed by atoms with E-state index in [0.717, 1.165) is 26.7 Å². The molecule has 0 bridgehead atoms. The summed E-state index contributed by atoms with van der Waals surface area (Å²) < 4.78 is 175. The summed E-state index contributed by atoms with van der Waals surface area (Å²) in [5, 5.41) is 0.